The number of esters is 1. The van der Waals surface area contributed by atoms with Crippen LogP contribution in [0.3, 0.4) is 0 Å². The van der Waals surface area contributed by atoms with Crippen molar-refractivity contribution in [2.75, 3.05) is 19.4 Å². The largest absolute Gasteiger partial charge is 0.467 e. The van der Waals surface area contributed by atoms with Crippen LogP contribution in [0.1, 0.15) is 19.8 Å². The molecule has 1 aliphatic heterocycles. The summed E-state index contributed by atoms with van der Waals surface area (Å²) in [7, 11) is 1.35. The molecule has 1 aliphatic rings. The third kappa shape index (κ3) is 2.65. The number of rotatable bonds is 3. The molecule has 0 bridgehead atoms. The standard InChI is InChI=1S/C10H17NO3S/c1-7(6-15)9(12)11-5-3-4-8(11)10(13)14-2/h7-8,15H,3-6H2,1-2H3/t7-,8+/m1/s1. The number of carbonyl (C=O) groups is 2. The Hall–Kier alpha value is -0.710. The number of nitrogens with zero attached hydrogens (tertiary/aromatic N) is 1. The van der Waals surface area contributed by atoms with Gasteiger partial charge in [0.1, 0.15) is 6.04 Å². The molecule has 5 heteroatoms. The van der Waals surface area contributed by atoms with Gasteiger partial charge in [0.25, 0.3) is 0 Å². The number of hydrogen-bond donors (Lipinski definition) is 1. The van der Waals surface area contributed by atoms with Gasteiger partial charge in [0.15, 0.2) is 0 Å². The van der Waals surface area contributed by atoms with Crippen LogP contribution in [0.4, 0.5) is 0 Å². The lowest BCUT2D eigenvalue weighted by Crippen LogP contribution is -2.43. The SMILES string of the molecule is COC(=O)[C@@H]1CCCN1C(=O)[C@H](C)CS. The van der Waals surface area contributed by atoms with E-state index in [2.05, 4.69) is 17.4 Å². The Morgan fingerprint density at radius 3 is 2.80 bits per heavy atom. The Kier molecular flexibility index (Phi) is 4.45. The average molecular weight is 231 g/mol. The minimum absolute atomic E-state index is 0.00194. The number of thiol groups is 1. The number of hydrogen-bond acceptors (Lipinski definition) is 4. The number of carbonyl (C=O) groups excluding carboxylic acids is 2. The van der Waals surface area contributed by atoms with Crippen LogP contribution >= 0.6 is 12.6 Å². The molecule has 0 radical (unpaired) electrons. The number of ether oxygens (including phenoxy) is 1. The lowest BCUT2D eigenvalue weighted by molar-refractivity contribution is -0.151. The van der Waals surface area contributed by atoms with Crippen molar-refractivity contribution in [3.05, 3.63) is 0 Å². The first-order valence-electron chi connectivity index (χ1n) is 5.11. The summed E-state index contributed by atoms with van der Waals surface area (Å²) < 4.78 is 4.68. The Morgan fingerprint density at radius 1 is 1.60 bits per heavy atom. The van der Waals surface area contributed by atoms with Gasteiger partial charge in [-0.2, -0.15) is 12.6 Å². The van der Waals surface area contributed by atoms with E-state index in [-0.39, 0.29) is 23.8 Å². The lowest BCUT2D eigenvalue weighted by atomic mass is 10.1. The molecule has 0 aromatic heterocycles. The highest BCUT2D eigenvalue weighted by Gasteiger charge is 2.36. The van der Waals surface area contributed by atoms with Crippen LogP contribution in [-0.2, 0) is 14.3 Å². The van der Waals surface area contributed by atoms with Crippen molar-refractivity contribution in [2.24, 2.45) is 5.92 Å². The molecule has 1 rings (SSSR count). The highest BCUT2D eigenvalue weighted by molar-refractivity contribution is 7.80. The van der Waals surface area contributed by atoms with E-state index < -0.39 is 0 Å². The van der Waals surface area contributed by atoms with Gasteiger partial charge in [-0.05, 0) is 12.8 Å². The number of methoxy groups -OCH3 is 1. The maximum atomic E-state index is 11.9. The van der Waals surface area contributed by atoms with Crippen LogP contribution in [0, 0.1) is 5.92 Å². The van der Waals surface area contributed by atoms with Crippen molar-refractivity contribution in [2.45, 2.75) is 25.8 Å². The smallest absolute Gasteiger partial charge is 0.328 e. The highest BCUT2D eigenvalue weighted by Crippen LogP contribution is 2.21. The molecule has 0 saturated carbocycles. The summed E-state index contributed by atoms with van der Waals surface area (Å²) in [5.74, 6) is 0.0483. The monoisotopic (exact) mass is 231 g/mol. The summed E-state index contributed by atoms with van der Waals surface area (Å²) in [6, 6.07) is -0.384. The first kappa shape index (κ1) is 12.4. The van der Waals surface area contributed by atoms with Crippen molar-refractivity contribution in [1.82, 2.24) is 4.90 Å². The summed E-state index contributed by atoms with van der Waals surface area (Å²) in [5, 5.41) is 0. The molecule has 1 amide bonds. The maximum Gasteiger partial charge on any atom is 0.328 e. The van der Waals surface area contributed by atoms with E-state index in [1.165, 1.54) is 7.11 Å². The molecule has 86 valence electrons. The minimum atomic E-state index is -0.384. The molecule has 1 saturated heterocycles. The Balaban J connectivity index is 2.68. The molecular weight excluding hydrogens is 214 g/mol. The van der Waals surface area contributed by atoms with E-state index in [0.717, 1.165) is 6.42 Å². The van der Waals surface area contributed by atoms with E-state index in [0.29, 0.717) is 18.7 Å². The predicted octanol–water partition coefficient (Wildman–Crippen LogP) is 0.716. The topological polar surface area (TPSA) is 46.6 Å². The molecule has 0 aliphatic carbocycles. The Morgan fingerprint density at radius 2 is 2.27 bits per heavy atom. The van der Waals surface area contributed by atoms with Crippen LogP contribution in [0.2, 0.25) is 0 Å². The molecule has 0 unspecified atom stereocenters. The van der Waals surface area contributed by atoms with Crippen LogP contribution < -0.4 is 0 Å². The number of amides is 1. The maximum absolute atomic E-state index is 11.9. The second-order valence-electron chi connectivity index (χ2n) is 3.80. The summed E-state index contributed by atoms with van der Waals surface area (Å²) in [6.07, 6.45) is 1.57. The van der Waals surface area contributed by atoms with Crippen LogP contribution in [0.15, 0.2) is 0 Å². The molecule has 0 spiro atoms. The fourth-order valence-corrected chi connectivity index (χ4v) is 1.93. The van der Waals surface area contributed by atoms with Crippen molar-refractivity contribution in [3.8, 4) is 0 Å². The summed E-state index contributed by atoms with van der Waals surface area (Å²) in [5.41, 5.74) is 0. The predicted molar refractivity (Wildman–Crippen MR) is 59.8 cm³/mol. The highest BCUT2D eigenvalue weighted by atomic mass is 32.1. The third-order valence-corrected chi connectivity index (χ3v) is 3.25. The van der Waals surface area contributed by atoms with E-state index >= 15 is 0 Å². The summed E-state index contributed by atoms with van der Waals surface area (Å²) in [4.78, 5) is 24.9. The first-order chi connectivity index (χ1) is 7.11. The molecule has 0 aromatic carbocycles. The zero-order valence-corrected chi connectivity index (χ0v) is 10.00. The summed E-state index contributed by atoms with van der Waals surface area (Å²) in [6.45, 7) is 2.47. The zero-order valence-electron chi connectivity index (χ0n) is 9.10. The molecule has 4 nitrogen and oxygen atoms in total. The average Bonchev–Trinajstić information content (AvgIpc) is 2.74. The van der Waals surface area contributed by atoms with E-state index in [1.807, 2.05) is 6.92 Å². The van der Waals surface area contributed by atoms with Gasteiger partial charge in [0, 0.05) is 18.2 Å². The molecule has 0 aromatic rings. The Bertz CT molecular complexity index is 257. The van der Waals surface area contributed by atoms with Crippen LogP contribution in [0.5, 0.6) is 0 Å². The summed E-state index contributed by atoms with van der Waals surface area (Å²) >= 11 is 4.09. The molecule has 15 heavy (non-hydrogen) atoms. The van der Waals surface area contributed by atoms with Gasteiger partial charge in [-0.3, -0.25) is 4.79 Å². The van der Waals surface area contributed by atoms with E-state index in [4.69, 9.17) is 0 Å². The second-order valence-corrected chi connectivity index (χ2v) is 4.16. The van der Waals surface area contributed by atoms with Gasteiger partial charge >= 0.3 is 5.97 Å². The number of likely N-dealkylation sites (tertiary alicyclic amines) is 1. The Labute approximate surface area is 95.4 Å². The lowest BCUT2D eigenvalue weighted by Gasteiger charge is -2.25. The quantitative estimate of drug-likeness (QED) is 0.575. The van der Waals surface area contributed by atoms with Gasteiger partial charge in [-0.25, -0.2) is 4.79 Å². The fourth-order valence-electron chi connectivity index (χ4n) is 1.77. The fraction of sp³-hybridized carbons (Fsp3) is 0.800. The molecule has 1 heterocycles. The second kappa shape index (κ2) is 5.39. The van der Waals surface area contributed by atoms with E-state index in [9.17, 15) is 9.59 Å². The molecule has 1 fully saturated rings. The first-order valence-corrected chi connectivity index (χ1v) is 5.74. The van der Waals surface area contributed by atoms with Gasteiger partial charge in [0.05, 0.1) is 7.11 Å². The molecule has 2 atom stereocenters. The van der Waals surface area contributed by atoms with Crippen LogP contribution in [-0.4, -0.2) is 42.2 Å². The van der Waals surface area contributed by atoms with Crippen molar-refractivity contribution in [3.63, 3.8) is 0 Å². The minimum Gasteiger partial charge on any atom is -0.467 e. The van der Waals surface area contributed by atoms with Gasteiger partial charge < -0.3 is 9.64 Å². The van der Waals surface area contributed by atoms with Crippen molar-refractivity contribution in [1.29, 1.82) is 0 Å². The normalized spacial score (nSPS) is 22.6. The van der Waals surface area contributed by atoms with Gasteiger partial charge in [-0.1, -0.05) is 6.92 Å². The van der Waals surface area contributed by atoms with Crippen LogP contribution in [0.25, 0.3) is 0 Å². The van der Waals surface area contributed by atoms with E-state index in [1.54, 1.807) is 4.90 Å². The third-order valence-electron chi connectivity index (χ3n) is 2.70. The van der Waals surface area contributed by atoms with Crippen molar-refractivity contribution >= 4 is 24.5 Å². The molecule has 0 N–H and O–H groups in total. The van der Waals surface area contributed by atoms with Gasteiger partial charge in [0.2, 0.25) is 5.91 Å². The van der Waals surface area contributed by atoms with Gasteiger partial charge in [-0.15, -0.1) is 0 Å². The van der Waals surface area contributed by atoms with Crippen molar-refractivity contribution < 1.29 is 14.3 Å². The zero-order chi connectivity index (χ0) is 11.4. The molecular formula is C10H17NO3S.